The number of quaternary nitrogens is 1. The maximum atomic E-state index is 12.2. The average molecular weight is 495 g/mol. The van der Waals surface area contributed by atoms with Crippen LogP contribution in [0.4, 0.5) is 0 Å². The number of hydrogen-bond donors (Lipinski definition) is 1. The van der Waals surface area contributed by atoms with Gasteiger partial charge in [0.15, 0.2) is 0 Å². The van der Waals surface area contributed by atoms with Crippen LogP contribution in [0.2, 0.25) is 0 Å². The molecule has 0 saturated heterocycles. The first-order valence-electron chi connectivity index (χ1n) is 13.6. The molecule has 0 bridgehead atoms. The molecule has 3 nitrogen and oxygen atoms in total. The Kier molecular flexibility index (Phi) is 11.9. The van der Waals surface area contributed by atoms with Gasteiger partial charge in [-0.1, -0.05) is 94.0 Å². The molecule has 0 saturated carbocycles. The van der Waals surface area contributed by atoms with Crippen molar-refractivity contribution in [2.24, 2.45) is 0 Å². The van der Waals surface area contributed by atoms with E-state index in [2.05, 4.69) is 68.6 Å². The molecule has 4 heteroatoms. The highest BCUT2D eigenvalue weighted by Gasteiger charge is 2.18. The molecule has 1 aliphatic rings. The first kappa shape index (κ1) is 27.5. The maximum Gasteiger partial charge on any atom is 0.306 e. The number of nitrogens with one attached hydrogen (secondary N) is 1. The molecule has 0 spiro atoms. The van der Waals surface area contributed by atoms with Crippen molar-refractivity contribution in [3.05, 3.63) is 71.3 Å². The van der Waals surface area contributed by atoms with E-state index in [1.54, 1.807) is 0 Å². The highest BCUT2D eigenvalue weighted by atomic mass is 32.2. The van der Waals surface area contributed by atoms with Crippen molar-refractivity contribution in [3.63, 3.8) is 0 Å². The van der Waals surface area contributed by atoms with Gasteiger partial charge in [0.25, 0.3) is 0 Å². The Hall–Kier alpha value is -2.04. The van der Waals surface area contributed by atoms with Crippen LogP contribution in [0.25, 0.3) is 5.57 Å². The van der Waals surface area contributed by atoms with E-state index in [1.165, 1.54) is 64.2 Å². The smallest absolute Gasteiger partial charge is 0.306 e. The van der Waals surface area contributed by atoms with Crippen molar-refractivity contribution in [3.8, 4) is 0 Å². The molecule has 0 aliphatic carbocycles. The molecule has 1 N–H and O–H groups in total. The Bertz CT molecular complexity index is 905. The summed E-state index contributed by atoms with van der Waals surface area (Å²) in [5, 5.41) is 0. The van der Waals surface area contributed by atoms with E-state index >= 15 is 0 Å². The summed E-state index contributed by atoms with van der Waals surface area (Å²) in [6.45, 7) is 6.12. The summed E-state index contributed by atoms with van der Waals surface area (Å²) in [4.78, 5) is 15.0. The van der Waals surface area contributed by atoms with Gasteiger partial charge in [-0.25, -0.2) is 0 Å². The molecule has 1 aliphatic heterocycles. The van der Waals surface area contributed by atoms with E-state index in [-0.39, 0.29) is 12.1 Å². The van der Waals surface area contributed by atoms with Gasteiger partial charge in [-0.3, -0.25) is 4.79 Å². The third-order valence-electron chi connectivity index (χ3n) is 6.74. The molecule has 1 heterocycles. The largest absolute Gasteiger partial charge is 0.457 e. The number of carbonyl (C=O) groups is 1. The highest BCUT2D eigenvalue weighted by molar-refractivity contribution is 7.98. The van der Waals surface area contributed by atoms with Gasteiger partial charge in [0, 0.05) is 23.5 Å². The first-order chi connectivity index (χ1) is 17.1. The van der Waals surface area contributed by atoms with Crippen LogP contribution < -0.4 is 4.90 Å². The molecular formula is C31H44NO2S+. The molecular weight excluding hydrogens is 450 g/mol. The third-order valence-corrected chi connectivity index (χ3v) is 7.86. The predicted molar refractivity (Wildman–Crippen MR) is 149 cm³/mol. The first-order valence-corrected chi connectivity index (χ1v) is 14.6. The lowest BCUT2D eigenvalue weighted by Gasteiger charge is -2.19. The summed E-state index contributed by atoms with van der Waals surface area (Å²) in [5.41, 5.74) is 5.45. The maximum absolute atomic E-state index is 12.2. The lowest BCUT2D eigenvalue weighted by molar-refractivity contribution is -0.882. The van der Waals surface area contributed by atoms with Gasteiger partial charge < -0.3 is 9.64 Å². The molecule has 190 valence electrons. The summed E-state index contributed by atoms with van der Waals surface area (Å²) in [5.74, 6) is 0.974. The van der Waals surface area contributed by atoms with Gasteiger partial charge in [0.05, 0.1) is 13.6 Å². The summed E-state index contributed by atoms with van der Waals surface area (Å²) in [7, 11) is 2.20. The van der Waals surface area contributed by atoms with Gasteiger partial charge in [0.2, 0.25) is 0 Å². The van der Waals surface area contributed by atoms with Gasteiger partial charge in [-0.2, -0.15) is 0 Å². The lowest BCUT2D eigenvalue weighted by atomic mass is 9.93. The van der Waals surface area contributed by atoms with E-state index in [0.29, 0.717) is 6.42 Å². The molecule has 2 aromatic carbocycles. The minimum absolute atomic E-state index is 0.0369. The zero-order chi connectivity index (χ0) is 24.9. The minimum Gasteiger partial charge on any atom is -0.457 e. The lowest BCUT2D eigenvalue weighted by Crippen LogP contribution is -3.10. The number of rotatable bonds is 14. The molecule has 0 amide bonds. The molecule has 0 fully saturated rings. The zero-order valence-electron chi connectivity index (χ0n) is 22.0. The fraction of sp³-hybridized carbons (Fsp3) is 0.516. The highest BCUT2D eigenvalue weighted by Crippen LogP contribution is 2.39. The van der Waals surface area contributed by atoms with Crippen molar-refractivity contribution >= 4 is 23.3 Å². The van der Waals surface area contributed by atoms with Crippen LogP contribution in [0.15, 0.2) is 59.5 Å². The third kappa shape index (κ3) is 9.16. The summed E-state index contributed by atoms with van der Waals surface area (Å²) < 4.78 is 5.69. The van der Waals surface area contributed by atoms with Crippen molar-refractivity contribution < 1.29 is 14.4 Å². The Balaban J connectivity index is 1.45. The summed E-state index contributed by atoms with van der Waals surface area (Å²) in [6, 6.07) is 17.6. The summed E-state index contributed by atoms with van der Waals surface area (Å²) in [6.07, 6.45) is 12.5. The molecule has 2 aromatic rings. The molecule has 2 atom stereocenters. The van der Waals surface area contributed by atoms with Crippen LogP contribution in [0, 0.1) is 0 Å². The molecule has 1 unspecified atom stereocenters. The second kappa shape index (κ2) is 15.2. The van der Waals surface area contributed by atoms with Crippen molar-refractivity contribution in [2.75, 3.05) is 20.1 Å². The van der Waals surface area contributed by atoms with Crippen LogP contribution in [-0.2, 0) is 15.3 Å². The van der Waals surface area contributed by atoms with E-state index in [0.717, 1.165) is 38.1 Å². The van der Waals surface area contributed by atoms with Gasteiger partial charge in [-0.05, 0) is 41.7 Å². The Morgan fingerprint density at radius 3 is 2.49 bits per heavy atom. The normalized spacial score (nSPS) is 15.7. The number of unbranched alkanes of at least 4 members (excludes halogenated alkanes) is 6. The number of likely N-dealkylation sites (N-methyl/N-ethyl adjacent to an activating group) is 1. The van der Waals surface area contributed by atoms with E-state index in [9.17, 15) is 4.79 Å². The number of hydrogen-bond acceptors (Lipinski definition) is 3. The minimum atomic E-state index is -0.0459. The number of ether oxygens (including phenoxy) is 1. The number of carbonyl (C=O) groups excluding carboxylic acids is 1. The predicted octanol–water partition coefficient (Wildman–Crippen LogP) is 6.70. The molecule has 3 rings (SSSR count). The van der Waals surface area contributed by atoms with Crippen LogP contribution in [0.3, 0.4) is 0 Å². The van der Waals surface area contributed by atoms with Gasteiger partial charge in [0.1, 0.15) is 12.6 Å². The molecule has 35 heavy (non-hydrogen) atoms. The fourth-order valence-electron chi connectivity index (χ4n) is 4.85. The quantitative estimate of drug-likeness (QED) is 0.234. The Labute approximate surface area is 217 Å². The number of fused-ring (bicyclic) bond motifs is 2. The van der Waals surface area contributed by atoms with E-state index in [1.807, 2.05) is 18.7 Å². The van der Waals surface area contributed by atoms with E-state index in [4.69, 9.17) is 4.74 Å². The van der Waals surface area contributed by atoms with Gasteiger partial charge >= 0.3 is 5.97 Å². The second-order valence-electron chi connectivity index (χ2n) is 9.93. The van der Waals surface area contributed by atoms with Crippen molar-refractivity contribution in [1.82, 2.24) is 0 Å². The average Bonchev–Trinajstić information content (AvgIpc) is 3.00. The summed E-state index contributed by atoms with van der Waals surface area (Å²) >= 11 is 1.93. The topological polar surface area (TPSA) is 30.7 Å². The zero-order valence-corrected chi connectivity index (χ0v) is 22.8. The number of esters is 1. The van der Waals surface area contributed by atoms with Gasteiger partial charge in [-0.15, -0.1) is 11.8 Å². The van der Waals surface area contributed by atoms with Crippen LogP contribution in [0.1, 0.15) is 88.3 Å². The number of benzene rings is 2. The molecule has 0 aromatic heterocycles. The Morgan fingerprint density at radius 1 is 1.00 bits per heavy atom. The van der Waals surface area contributed by atoms with Crippen molar-refractivity contribution in [2.45, 2.75) is 88.4 Å². The van der Waals surface area contributed by atoms with Crippen LogP contribution in [-0.4, -0.2) is 32.2 Å². The second-order valence-corrected chi connectivity index (χ2v) is 10.9. The van der Waals surface area contributed by atoms with Crippen LogP contribution in [0.5, 0.6) is 0 Å². The number of thioether (sulfide) groups is 1. The SMILES string of the molecule is CCCCCCCCCC(=O)O[C@H](C)C[NH+](C)CC/C=C1/c2ccccc2CSc2ccccc21. The Morgan fingerprint density at radius 2 is 1.69 bits per heavy atom. The van der Waals surface area contributed by atoms with Crippen molar-refractivity contribution in [1.29, 1.82) is 0 Å². The van der Waals surface area contributed by atoms with Crippen LogP contribution >= 0.6 is 11.8 Å². The van der Waals surface area contributed by atoms with E-state index < -0.39 is 0 Å². The standard InChI is InChI=1S/C31H43NO2S/c1-4-5-6-7-8-9-10-21-31(33)34-25(2)23-32(3)22-15-19-28-27-17-12-11-16-26(27)24-35-30-20-14-13-18-29(28)30/h11-14,16-20,25H,4-10,15,21-24H2,1-3H3/p+1/b28-19-/t25-/m1/s1. The monoisotopic (exact) mass is 494 g/mol. The fourth-order valence-corrected chi connectivity index (χ4v) is 5.92. The molecule has 0 radical (unpaired) electrons.